The molecule has 0 unspecified atom stereocenters. The van der Waals surface area contributed by atoms with Crippen LogP contribution in [0.5, 0.6) is 5.75 Å². The van der Waals surface area contributed by atoms with E-state index in [2.05, 4.69) is 0 Å². The molecule has 35 heavy (non-hydrogen) atoms. The fraction of sp³-hybridized carbons (Fsp3) is 0.214. The molecule has 1 saturated heterocycles. The highest BCUT2D eigenvalue weighted by molar-refractivity contribution is 6.46. The van der Waals surface area contributed by atoms with E-state index in [-0.39, 0.29) is 17.4 Å². The molecule has 2 atom stereocenters. The van der Waals surface area contributed by atoms with Crippen molar-refractivity contribution in [2.24, 2.45) is 0 Å². The van der Waals surface area contributed by atoms with Crippen molar-refractivity contribution >= 4 is 40.7 Å². The fourth-order valence-corrected chi connectivity index (χ4v) is 5.07. The van der Waals surface area contributed by atoms with Crippen molar-refractivity contribution in [2.75, 3.05) is 6.54 Å². The minimum atomic E-state index is -0.795. The van der Waals surface area contributed by atoms with Gasteiger partial charge < -0.3 is 14.7 Å². The minimum Gasteiger partial charge on any atom is -0.507 e. The summed E-state index contributed by atoms with van der Waals surface area (Å²) in [5.74, 6) is -0.837. The van der Waals surface area contributed by atoms with Gasteiger partial charge in [-0.3, -0.25) is 9.59 Å². The van der Waals surface area contributed by atoms with E-state index < -0.39 is 17.7 Å². The predicted octanol–water partition coefficient (Wildman–Crippen LogP) is 5.98. The lowest BCUT2D eigenvalue weighted by molar-refractivity contribution is -0.139. The Hall–Kier alpha value is -3.28. The maximum Gasteiger partial charge on any atom is 0.295 e. The number of amides is 1. The van der Waals surface area contributed by atoms with Gasteiger partial charge in [0.05, 0.1) is 21.7 Å². The van der Waals surface area contributed by atoms with Gasteiger partial charge in [0, 0.05) is 18.5 Å². The van der Waals surface area contributed by atoms with Crippen LogP contribution >= 0.6 is 23.2 Å². The second-order valence-corrected chi connectivity index (χ2v) is 9.67. The number of fused-ring (bicyclic) bond motifs is 1. The standard InChI is InChI=1S/C28H23Cl2NO4/c1-16-13-20-14-19(8-10-23(20)35-16)26(32)24-25(18-7-9-21(29)22(30)15-18)31(28(34)27(24)33)12-11-17-5-3-2-4-6-17/h2-10,14-16,25,32H,11-13H2,1H3/b26-24+/t16-,25-/m0/s1. The topological polar surface area (TPSA) is 66.8 Å². The quantitative estimate of drug-likeness (QED) is 0.262. The van der Waals surface area contributed by atoms with Crippen LogP contribution < -0.4 is 4.74 Å². The van der Waals surface area contributed by atoms with Crippen LogP contribution in [-0.2, 0) is 22.4 Å². The molecule has 7 heteroatoms. The maximum atomic E-state index is 13.3. The molecule has 1 N–H and O–H groups in total. The number of carbonyl (C=O) groups is 2. The summed E-state index contributed by atoms with van der Waals surface area (Å²) in [5.41, 5.74) is 3.09. The number of carbonyl (C=O) groups excluding carboxylic acids is 2. The largest absolute Gasteiger partial charge is 0.507 e. The molecule has 1 amide bonds. The van der Waals surface area contributed by atoms with E-state index in [9.17, 15) is 14.7 Å². The van der Waals surface area contributed by atoms with Crippen LogP contribution in [-0.4, -0.2) is 34.3 Å². The molecule has 0 spiro atoms. The van der Waals surface area contributed by atoms with E-state index in [1.807, 2.05) is 43.3 Å². The number of benzene rings is 3. The van der Waals surface area contributed by atoms with Gasteiger partial charge in [0.15, 0.2) is 0 Å². The zero-order chi connectivity index (χ0) is 24.7. The molecule has 0 radical (unpaired) electrons. The number of aliphatic hydroxyl groups is 1. The Morgan fingerprint density at radius 1 is 1.03 bits per heavy atom. The Labute approximate surface area is 213 Å². The van der Waals surface area contributed by atoms with Crippen molar-refractivity contribution in [2.45, 2.75) is 31.9 Å². The van der Waals surface area contributed by atoms with Crippen molar-refractivity contribution in [1.29, 1.82) is 0 Å². The van der Waals surface area contributed by atoms with Gasteiger partial charge >= 0.3 is 0 Å². The highest BCUT2D eigenvalue weighted by atomic mass is 35.5. The number of nitrogens with zero attached hydrogens (tertiary/aromatic N) is 1. The average molecular weight is 508 g/mol. The number of rotatable bonds is 5. The Balaban J connectivity index is 1.59. The monoisotopic (exact) mass is 507 g/mol. The molecule has 0 bridgehead atoms. The summed E-state index contributed by atoms with van der Waals surface area (Å²) in [6.45, 7) is 2.27. The third kappa shape index (κ3) is 4.42. The van der Waals surface area contributed by atoms with E-state index in [4.69, 9.17) is 27.9 Å². The van der Waals surface area contributed by atoms with Gasteiger partial charge in [-0.1, -0.05) is 59.6 Å². The molecule has 5 nitrogen and oxygen atoms in total. The molecule has 1 fully saturated rings. The van der Waals surface area contributed by atoms with E-state index in [0.29, 0.717) is 40.6 Å². The molecule has 3 aromatic carbocycles. The fourth-order valence-electron chi connectivity index (χ4n) is 4.76. The molecule has 5 rings (SSSR count). The van der Waals surface area contributed by atoms with Gasteiger partial charge in [0.2, 0.25) is 0 Å². The van der Waals surface area contributed by atoms with Crippen molar-refractivity contribution in [1.82, 2.24) is 4.90 Å². The van der Waals surface area contributed by atoms with Crippen LogP contribution in [0.25, 0.3) is 5.76 Å². The summed E-state index contributed by atoms with van der Waals surface area (Å²) in [7, 11) is 0. The van der Waals surface area contributed by atoms with Crippen molar-refractivity contribution in [3.05, 3.63) is 105 Å². The SMILES string of the molecule is C[C@H]1Cc2cc(/C(O)=C3\C(=O)C(=O)N(CCc4ccccc4)[C@H]3c3ccc(Cl)c(Cl)c3)ccc2O1. The molecule has 2 heterocycles. The van der Waals surface area contributed by atoms with Crippen molar-refractivity contribution < 1.29 is 19.4 Å². The normalized spacial score (nSPS) is 20.7. The summed E-state index contributed by atoms with van der Waals surface area (Å²) in [6.07, 6.45) is 1.31. The van der Waals surface area contributed by atoms with Crippen LogP contribution in [0.4, 0.5) is 0 Å². The van der Waals surface area contributed by atoms with Gasteiger partial charge in [-0.2, -0.15) is 0 Å². The van der Waals surface area contributed by atoms with Crippen molar-refractivity contribution in [3.8, 4) is 5.75 Å². The molecule has 178 valence electrons. The molecule has 3 aromatic rings. The van der Waals surface area contributed by atoms with E-state index in [1.165, 1.54) is 4.90 Å². The van der Waals surface area contributed by atoms with Crippen LogP contribution in [0.1, 0.15) is 35.2 Å². The van der Waals surface area contributed by atoms with E-state index >= 15 is 0 Å². The van der Waals surface area contributed by atoms with Gasteiger partial charge in [0.25, 0.3) is 11.7 Å². The second-order valence-electron chi connectivity index (χ2n) is 8.86. The first-order valence-electron chi connectivity index (χ1n) is 11.4. The average Bonchev–Trinajstić information content (AvgIpc) is 3.35. The minimum absolute atomic E-state index is 0.0355. The van der Waals surface area contributed by atoms with Crippen LogP contribution in [0.2, 0.25) is 10.0 Å². The Morgan fingerprint density at radius 2 is 1.80 bits per heavy atom. The highest BCUT2D eigenvalue weighted by Gasteiger charge is 2.46. The Kier molecular flexibility index (Phi) is 6.30. The summed E-state index contributed by atoms with van der Waals surface area (Å²) in [4.78, 5) is 28.0. The number of likely N-dealkylation sites (tertiary alicyclic amines) is 1. The highest BCUT2D eigenvalue weighted by Crippen LogP contribution is 2.42. The van der Waals surface area contributed by atoms with E-state index in [1.54, 1.807) is 30.3 Å². The summed E-state index contributed by atoms with van der Waals surface area (Å²) < 4.78 is 5.76. The number of ether oxygens (including phenoxy) is 1. The third-order valence-corrected chi connectivity index (χ3v) is 7.19. The van der Waals surface area contributed by atoms with Gasteiger partial charge in [-0.05, 0) is 60.4 Å². The molecule has 2 aliphatic heterocycles. The Morgan fingerprint density at radius 3 is 2.54 bits per heavy atom. The molecule has 2 aliphatic rings. The smallest absolute Gasteiger partial charge is 0.295 e. The number of hydrogen-bond acceptors (Lipinski definition) is 4. The van der Waals surface area contributed by atoms with Gasteiger partial charge in [-0.15, -0.1) is 0 Å². The molecular weight excluding hydrogens is 485 g/mol. The second kappa shape index (κ2) is 9.40. The number of ketones is 1. The molecule has 0 aromatic heterocycles. The summed E-state index contributed by atoms with van der Waals surface area (Å²) in [5, 5.41) is 12.0. The zero-order valence-electron chi connectivity index (χ0n) is 19.0. The lowest BCUT2D eigenvalue weighted by Crippen LogP contribution is -2.31. The predicted molar refractivity (Wildman–Crippen MR) is 136 cm³/mol. The third-order valence-electron chi connectivity index (χ3n) is 6.45. The van der Waals surface area contributed by atoms with Crippen LogP contribution in [0.3, 0.4) is 0 Å². The first-order valence-corrected chi connectivity index (χ1v) is 12.2. The van der Waals surface area contributed by atoms with Gasteiger partial charge in [-0.25, -0.2) is 0 Å². The number of halogens is 2. The Bertz CT molecular complexity index is 1350. The van der Waals surface area contributed by atoms with Crippen LogP contribution in [0, 0.1) is 0 Å². The number of aliphatic hydroxyl groups excluding tert-OH is 1. The molecular formula is C28H23Cl2NO4. The first kappa shape index (κ1) is 23.5. The van der Waals surface area contributed by atoms with Gasteiger partial charge in [0.1, 0.15) is 17.6 Å². The van der Waals surface area contributed by atoms with Crippen LogP contribution in [0.15, 0.2) is 72.3 Å². The number of hydrogen-bond donors (Lipinski definition) is 1. The maximum absolute atomic E-state index is 13.3. The van der Waals surface area contributed by atoms with Crippen molar-refractivity contribution in [3.63, 3.8) is 0 Å². The number of Topliss-reactive ketones (excluding diaryl/α,β-unsaturated/α-hetero) is 1. The lowest BCUT2D eigenvalue weighted by atomic mass is 9.94. The molecule has 0 aliphatic carbocycles. The van der Waals surface area contributed by atoms with E-state index in [0.717, 1.165) is 16.9 Å². The lowest BCUT2D eigenvalue weighted by Gasteiger charge is -2.25. The first-order chi connectivity index (χ1) is 16.8. The molecule has 0 saturated carbocycles. The summed E-state index contributed by atoms with van der Waals surface area (Å²) in [6, 6.07) is 19.2. The zero-order valence-corrected chi connectivity index (χ0v) is 20.5. The summed E-state index contributed by atoms with van der Waals surface area (Å²) >= 11 is 12.4.